The zero-order valence-electron chi connectivity index (χ0n) is 13.0. The molecule has 11 heteroatoms. The number of thioether (sulfide) groups is 1. The Kier molecular flexibility index (Phi) is 7.53. The van der Waals surface area contributed by atoms with Crippen LogP contribution < -0.4 is 10.0 Å². The number of rotatable bonds is 8. The van der Waals surface area contributed by atoms with Crippen LogP contribution in [0, 0.1) is 0 Å². The summed E-state index contributed by atoms with van der Waals surface area (Å²) in [4.78, 5) is 16.2. The number of aromatic nitrogens is 1. The average Bonchev–Trinajstić information content (AvgIpc) is 3.06. The van der Waals surface area contributed by atoms with Gasteiger partial charge >= 0.3 is 0 Å². The fourth-order valence-electron chi connectivity index (χ4n) is 1.89. The van der Waals surface area contributed by atoms with Crippen LogP contribution in [0.1, 0.15) is 6.42 Å². The number of anilines is 1. The lowest BCUT2D eigenvalue weighted by molar-refractivity contribution is -0.117. The van der Waals surface area contributed by atoms with Crippen molar-refractivity contribution in [3.8, 4) is 0 Å². The van der Waals surface area contributed by atoms with Crippen molar-refractivity contribution in [2.45, 2.75) is 17.4 Å². The highest BCUT2D eigenvalue weighted by molar-refractivity contribution is 7.98. The molecule has 0 aliphatic rings. The van der Waals surface area contributed by atoms with Gasteiger partial charge in [-0.15, -0.1) is 11.3 Å². The van der Waals surface area contributed by atoms with Gasteiger partial charge in [-0.3, -0.25) is 4.79 Å². The van der Waals surface area contributed by atoms with Crippen molar-refractivity contribution in [1.82, 2.24) is 9.71 Å². The number of benzene rings is 1. The first-order chi connectivity index (χ1) is 11.8. The molecule has 1 heterocycles. The number of thiazole rings is 1. The summed E-state index contributed by atoms with van der Waals surface area (Å²) in [6.07, 6.45) is 3.74. The smallest absolute Gasteiger partial charge is 0.244 e. The molecular formula is C14H15Cl2N3O3S3. The van der Waals surface area contributed by atoms with E-state index >= 15 is 0 Å². The van der Waals surface area contributed by atoms with Crippen LogP contribution in [-0.2, 0) is 14.8 Å². The number of hydrogen-bond donors (Lipinski definition) is 2. The monoisotopic (exact) mass is 439 g/mol. The number of halogens is 2. The van der Waals surface area contributed by atoms with E-state index in [0.29, 0.717) is 17.3 Å². The van der Waals surface area contributed by atoms with E-state index < -0.39 is 22.0 Å². The maximum absolute atomic E-state index is 12.6. The molecule has 2 aromatic rings. The molecule has 6 nitrogen and oxygen atoms in total. The summed E-state index contributed by atoms with van der Waals surface area (Å²) < 4.78 is 27.7. The normalized spacial score (nSPS) is 12.8. The SMILES string of the molecule is CSCC[C@@H](NS(=O)(=O)c1cc(Cl)ccc1Cl)C(=O)Nc1nccs1. The van der Waals surface area contributed by atoms with E-state index in [9.17, 15) is 13.2 Å². The lowest BCUT2D eigenvalue weighted by atomic mass is 10.2. The van der Waals surface area contributed by atoms with Crippen LogP contribution in [0.15, 0.2) is 34.7 Å². The summed E-state index contributed by atoms with van der Waals surface area (Å²) in [5, 5.41) is 4.98. The second kappa shape index (κ2) is 9.20. The molecule has 0 aliphatic heterocycles. The Hall–Kier alpha value is -0.840. The second-order valence-corrected chi connectivity index (χ2v) is 9.26. The topological polar surface area (TPSA) is 88.2 Å². The molecule has 0 radical (unpaired) electrons. The number of nitrogens with zero attached hydrogens (tertiary/aromatic N) is 1. The minimum atomic E-state index is -4.02. The van der Waals surface area contributed by atoms with Gasteiger partial charge in [-0.25, -0.2) is 13.4 Å². The van der Waals surface area contributed by atoms with Crippen molar-refractivity contribution < 1.29 is 13.2 Å². The zero-order valence-corrected chi connectivity index (χ0v) is 17.0. The van der Waals surface area contributed by atoms with Crippen molar-refractivity contribution >= 4 is 67.4 Å². The molecule has 1 aromatic heterocycles. The van der Waals surface area contributed by atoms with Crippen LogP contribution in [0.4, 0.5) is 5.13 Å². The van der Waals surface area contributed by atoms with Crippen molar-refractivity contribution in [2.75, 3.05) is 17.3 Å². The molecule has 2 N–H and O–H groups in total. The van der Waals surface area contributed by atoms with Gasteiger partial charge in [-0.1, -0.05) is 23.2 Å². The molecule has 1 aromatic carbocycles. The molecule has 1 atom stereocenters. The second-order valence-electron chi connectivity index (χ2n) is 4.86. The van der Waals surface area contributed by atoms with Crippen molar-refractivity contribution in [3.63, 3.8) is 0 Å². The van der Waals surface area contributed by atoms with E-state index in [1.807, 2.05) is 6.26 Å². The maximum Gasteiger partial charge on any atom is 0.244 e. The van der Waals surface area contributed by atoms with Crippen LogP contribution in [0.25, 0.3) is 0 Å². The van der Waals surface area contributed by atoms with E-state index in [2.05, 4.69) is 15.0 Å². The lowest BCUT2D eigenvalue weighted by Crippen LogP contribution is -2.44. The highest BCUT2D eigenvalue weighted by Gasteiger charge is 2.27. The first-order valence-electron chi connectivity index (χ1n) is 7.00. The zero-order chi connectivity index (χ0) is 18.4. The summed E-state index contributed by atoms with van der Waals surface area (Å²) in [7, 11) is -4.02. The number of amides is 1. The molecule has 0 bridgehead atoms. The highest BCUT2D eigenvalue weighted by atomic mass is 35.5. The van der Waals surface area contributed by atoms with Gasteiger partial charge in [0.1, 0.15) is 10.9 Å². The Labute approximate surface area is 164 Å². The Balaban J connectivity index is 2.22. The van der Waals surface area contributed by atoms with E-state index in [1.54, 1.807) is 11.6 Å². The Morgan fingerprint density at radius 2 is 2.16 bits per heavy atom. The minimum Gasteiger partial charge on any atom is -0.301 e. The largest absolute Gasteiger partial charge is 0.301 e. The van der Waals surface area contributed by atoms with E-state index in [0.717, 1.165) is 0 Å². The van der Waals surface area contributed by atoms with E-state index in [-0.39, 0.29) is 14.9 Å². The fourth-order valence-corrected chi connectivity index (χ4v) is 4.89. The molecule has 1 amide bonds. The molecule has 25 heavy (non-hydrogen) atoms. The minimum absolute atomic E-state index is 0.0286. The third-order valence-electron chi connectivity index (χ3n) is 3.07. The molecule has 0 fully saturated rings. The van der Waals surface area contributed by atoms with Crippen LogP contribution >= 0.6 is 46.3 Å². The van der Waals surface area contributed by atoms with Crippen LogP contribution in [0.3, 0.4) is 0 Å². The molecule has 0 unspecified atom stereocenters. The lowest BCUT2D eigenvalue weighted by Gasteiger charge is -2.18. The first kappa shape index (κ1) is 20.5. The first-order valence-corrected chi connectivity index (χ1v) is 11.5. The fraction of sp³-hybridized carbons (Fsp3) is 0.286. The average molecular weight is 440 g/mol. The summed E-state index contributed by atoms with van der Waals surface area (Å²) in [6.45, 7) is 0. The third kappa shape index (κ3) is 5.83. The number of sulfonamides is 1. The molecule has 136 valence electrons. The van der Waals surface area contributed by atoms with Crippen molar-refractivity contribution in [1.29, 1.82) is 0 Å². The summed E-state index contributed by atoms with van der Waals surface area (Å²) >= 11 is 14.6. The quantitative estimate of drug-likeness (QED) is 0.656. The van der Waals surface area contributed by atoms with Gasteiger partial charge in [0.05, 0.1) is 5.02 Å². The standard InChI is InChI=1S/C14H15Cl2N3O3S3/c1-23-6-4-11(13(20)18-14-17-5-7-24-14)19-25(21,22)12-8-9(15)2-3-10(12)16/h2-3,5,7-8,11,19H,4,6H2,1H3,(H,17,18,20)/t11-/m1/s1. The molecule has 0 aliphatic carbocycles. The van der Waals surface area contributed by atoms with Gasteiger partial charge in [-0.05, 0) is 36.6 Å². The van der Waals surface area contributed by atoms with Gasteiger partial charge in [-0.2, -0.15) is 16.5 Å². The van der Waals surface area contributed by atoms with Gasteiger partial charge in [0.25, 0.3) is 0 Å². The Morgan fingerprint density at radius 3 is 2.80 bits per heavy atom. The summed E-state index contributed by atoms with van der Waals surface area (Å²) in [5.41, 5.74) is 0. The molecule has 0 saturated carbocycles. The summed E-state index contributed by atoms with van der Waals surface area (Å²) in [6, 6.07) is 3.17. The molecule has 2 rings (SSSR count). The Bertz CT molecular complexity index is 829. The Morgan fingerprint density at radius 1 is 1.40 bits per heavy atom. The van der Waals surface area contributed by atoms with Crippen LogP contribution in [-0.4, -0.2) is 37.4 Å². The number of hydrogen-bond acceptors (Lipinski definition) is 6. The van der Waals surface area contributed by atoms with E-state index in [1.165, 1.54) is 41.3 Å². The predicted octanol–water partition coefficient (Wildman–Crippen LogP) is 3.49. The summed E-state index contributed by atoms with van der Waals surface area (Å²) in [5.74, 6) is 0.118. The number of carbonyl (C=O) groups is 1. The van der Waals surface area contributed by atoms with Crippen LogP contribution in [0.2, 0.25) is 10.0 Å². The van der Waals surface area contributed by atoms with Gasteiger partial charge in [0, 0.05) is 16.6 Å². The van der Waals surface area contributed by atoms with Crippen LogP contribution in [0.5, 0.6) is 0 Å². The predicted molar refractivity (Wildman–Crippen MR) is 104 cm³/mol. The molecule has 0 spiro atoms. The number of carbonyl (C=O) groups excluding carboxylic acids is 1. The third-order valence-corrected chi connectivity index (χ3v) is 6.59. The number of nitrogens with one attached hydrogen (secondary N) is 2. The molecular weight excluding hydrogens is 425 g/mol. The van der Waals surface area contributed by atoms with Crippen molar-refractivity contribution in [2.24, 2.45) is 0 Å². The van der Waals surface area contributed by atoms with Gasteiger partial charge in [0.2, 0.25) is 15.9 Å². The van der Waals surface area contributed by atoms with E-state index in [4.69, 9.17) is 23.2 Å². The highest BCUT2D eigenvalue weighted by Crippen LogP contribution is 2.25. The van der Waals surface area contributed by atoms with Gasteiger partial charge in [0.15, 0.2) is 5.13 Å². The van der Waals surface area contributed by atoms with Crippen molar-refractivity contribution in [3.05, 3.63) is 39.8 Å². The maximum atomic E-state index is 12.6. The molecule has 0 saturated heterocycles. The van der Waals surface area contributed by atoms with Gasteiger partial charge < -0.3 is 5.32 Å².